The molecule has 0 radical (unpaired) electrons. The topological polar surface area (TPSA) is 57.5 Å². The van der Waals surface area contributed by atoms with Gasteiger partial charge in [0.2, 0.25) is 0 Å². The van der Waals surface area contributed by atoms with Crippen LogP contribution in [0.4, 0.5) is 0 Å². The first kappa shape index (κ1) is 19.2. The van der Waals surface area contributed by atoms with Crippen molar-refractivity contribution in [2.75, 3.05) is 0 Å². The number of unbranched alkanes of at least 4 members (excludes halogenated alkanes) is 8. The van der Waals surface area contributed by atoms with Gasteiger partial charge < -0.3 is 10.2 Å². The number of hydrogen-bond donors (Lipinski definition) is 2. The zero-order valence-corrected chi connectivity index (χ0v) is 13.0. The van der Waals surface area contributed by atoms with Crippen LogP contribution in [0.3, 0.4) is 0 Å². The van der Waals surface area contributed by atoms with E-state index in [9.17, 15) is 4.79 Å². The van der Waals surface area contributed by atoms with E-state index in [-0.39, 0.29) is 6.10 Å². The maximum atomic E-state index is 10.3. The summed E-state index contributed by atoms with van der Waals surface area (Å²) >= 11 is 0. The molecule has 3 heteroatoms. The standard InChI is InChI=1S/C17H32O3/c1-16(18)14-12-10-8-6-4-2-3-5-7-9-11-13-15-17(19)20/h5,7,16,18H,2-4,6,8-15H2,1H3,(H,19,20)/b7-5-. The first-order chi connectivity index (χ1) is 9.63. The first-order valence-corrected chi connectivity index (χ1v) is 8.17. The molecule has 1 atom stereocenters. The second-order valence-electron chi connectivity index (χ2n) is 5.66. The molecule has 20 heavy (non-hydrogen) atoms. The van der Waals surface area contributed by atoms with Gasteiger partial charge in [0.15, 0.2) is 0 Å². The maximum Gasteiger partial charge on any atom is 0.303 e. The molecule has 1 unspecified atom stereocenters. The Morgan fingerprint density at radius 3 is 1.95 bits per heavy atom. The van der Waals surface area contributed by atoms with Crippen LogP contribution in [-0.4, -0.2) is 22.3 Å². The Balaban J connectivity index is 3.10. The normalized spacial score (nSPS) is 12.9. The Morgan fingerprint density at radius 1 is 0.900 bits per heavy atom. The molecule has 0 aromatic heterocycles. The van der Waals surface area contributed by atoms with E-state index in [0.29, 0.717) is 6.42 Å². The average Bonchev–Trinajstić information content (AvgIpc) is 2.38. The number of carboxylic acids is 1. The van der Waals surface area contributed by atoms with Crippen molar-refractivity contribution in [2.45, 2.75) is 90.1 Å². The molecule has 0 aliphatic heterocycles. The Hall–Kier alpha value is -0.830. The fraction of sp³-hybridized carbons (Fsp3) is 0.824. The molecular formula is C17H32O3. The van der Waals surface area contributed by atoms with Crippen LogP contribution < -0.4 is 0 Å². The van der Waals surface area contributed by atoms with E-state index in [4.69, 9.17) is 10.2 Å². The van der Waals surface area contributed by atoms with E-state index in [1.165, 1.54) is 32.1 Å². The third-order valence-electron chi connectivity index (χ3n) is 3.42. The molecule has 3 nitrogen and oxygen atoms in total. The summed E-state index contributed by atoms with van der Waals surface area (Å²) in [4.78, 5) is 10.3. The van der Waals surface area contributed by atoms with Gasteiger partial charge in [-0.05, 0) is 45.4 Å². The Bertz CT molecular complexity index is 247. The van der Waals surface area contributed by atoms with Gasteiger partial charge in [-0.15, -0.1) is 0 Å². The van der Waals surface area contributed by atoms with Crippen LogP contribution in [0.2, 0.25) is 0 Å². The maximum absolute atomic E-state index is 10.3. The molecule has 0 bridgehead atoms. The van der Waals surface area contributed by atoms with E-state index in [0.717, 1.165) is 38.5 Å². The third-order valence-corrected chi connectivity index (χ3v) is 3.42. The van der Waals surface area contributed by atoms with E-state index in [1.54, 1.807) is 0 Å². The Morgan fingerprint density at radius 2 is 1.40 bits per heavy atom. The Kier molecular flexibility index (Phi) is 14.0. The molecule has 2 N–H and O–H groups in total. The summed E-state index contributed by atoms with van der Waals surface area (Å²) in [6.45, 7) is 1.86. The Labute approximate surface area is 124 Å². The number of hydrogen-bond acceptors (Lipinski definition) is 2. The largest absolute Gasteiger partial charge is 0.481 e. The molecule has 0 amide bonds. The second kappa shape index (κ2) is 14.6. The monoisotopic (exact) mass is 284 g/mol. The van der Waals surface area contributed by atoms with Crippen molar-refractivity contribution in [1.29, 1.82) is 0 Å². The highest BCUT2D eigenvalue weighted by Gasteiger charge is 1.96. The molecule has 0 saturated heterocycles. The molecule has 0 aromatic rings. The average molecular weight is 284 g/mol. The van der Waals surface area contributed by atoms with E-state index < -0.39 is 5.97 Å². The number of aliphatic hydroxyl groups is 1. The highest BCUT2D eigenvalue weighted by Crippen LogP contribution is 2.10. The summed E-state index contributed by atoms with van der Waals surface area (Å²) in [6.07, 6.45) is 16.9. The van der Waals surface area contributed by atoms with Crippen LogP contribution >= 0.6 is 0 Å². The summed E-state index contributed by atoms with van der Waals surface area (Å²) in [5.41, 5.74) is 0. The van der Waals surface area contributed by atoms with Crippen LogP contribution in [0.25, 0.3) is 0 Å². The molecule has 0 spiro atoms. The van der Waals surface area contributed by atoms with Gasteiger partial charge in [0.05, 0.1) is 6.10 Å². The van der Waals surface area contributed by atoms with Crippen molar-refractivity contribution < 1.29 is 15.0 Å². The summed E-state index contributed by atoms with van der Waals surface area (Å²) in [6, 6.07) is 0. The van der Waals surface area contributed by atoms with E-state index >= 15 is 0 Å². The van der Waals surface area contributed by atoms with Gasteiger partial charge in [0.25, 0.3) is 0 Å². The van der Waals surface area contributed by atoms with E-state index in [2.05, 4.69) is 12.2 Å². The highest BCUT2D eigenvalue weighted by atomic mass is 16.4. The lowest BCUT2D eigenvalue weighted by Gasteiger charge is -2.03. The summed E-state index contributed by atoms with van der Waals surface area (Å²) in [5, 5.41) is 17.6. The highest BCUT2D eigenvalue weighted by molar-refractivity contribution is 5.66. The van der Waals surface area contributed by atoms with Gasteiger partial charge in [0, 0.05) is 6.42 Å². The minimum Gasteiger partial charge on any atom is -0.481 e. The van der Waals surface area contributed by atoms with Crippen LogP contribution in [0.5, 0.6) is 0 Å². The number of carbonyl (C=O) groups is 1. The van der Waals surface area contributed by atoms with Crippen molar-refractivity contribution in [1.82, 2.24) is 0 Å². The molecule has 0 saturated carbocycles. The van der Waals surface area contributed by atoms with Crippen LogP contribution in [0, 0.1) is 0 Å². The molecule has 0 heterocycles. The van der Waals surface area contributed by atoms with Crippen LogP contribution in [0.15, 0.2) is 12.2 Å². The van der Waals surface area contributed by atoms with Crippen molar-refractivity contribution in [3.63, 3.8) is 0 Å². The van der Waals surface area contributed by atoms with Crippen molar-refractivity contribution in [3.05, 3.63) is 12.2 Å². The number of rotatable bonds is 14. The van der Waals surface area contributed by atoms with Crippen molar-refractivity contribution in [2.24, 2.45) is 0 Å². The van der Waals surface area contributed by atoms with E-state index in [1.807, 2.05) is 6.92 Å². The molecule has 0 aliphatic carbocycles. The summed E-state index contributed by atoms with van der Waals surface area (Å²) in [5.74, 6) is -0.692. The van der Waals surface area contributed by atoms with Gasteiger partial charge in [0.1, 0.15) is 0 Å². The molecule has 0 aliphatic rings. The third kappa shape index (κ3) is 17.2. The van der Waals surface area contributed by atoms with Crippen molar-refractivity contribution >= 4 is 5.97 Å². The number of carboxylic acid groups (broad SMARTS) is 1. The lowest BCUT2D eigenvalue weighted by molar-refractivity contribution is -0.137. The zero-order valence-electron chi connectivity index (χ0n) is 13.0. The quantitative estimate of drug-likeness (QED) is 0.359. The zero-order chi connectivity index (χ0) is 15.1. The van der Waals surface area contributed by atoms with Gasteiger partial charge >= 0.3 is 5.97 Å². The minimum absolute atomic E-state index is 0.143. The SMILES string of the molecule is CC(O)CCCCCCCC/C=C\CCCCC(=O)O. The minimum atomic E-state index is -0.692. The van der Waals surface area contributed by atoms with Gasteiger partial charge in [-0.3, -0.25) is 4.79 Å². The molecule has 118 valence electrons. The van der Waals surface area contributed by atoms with Gasteiger partial charge in [-0.25, -0.2) is 0 Å². The van der Waals surface area contributed by atoms with Crippen LogP contribution in [-0.2, 0) is 4.79 Å². The first-order valence-electron chi connectivity index (χ1n) is 8.17. The molecular weight excluding hydrogens is 252 g/mol. The fourth-order valence-electron chi connectivity index (χ4n) is 2.18. The number of aliphatic hydroxyl groups excluding tert-OH is 1. The second-order valence-corrected chi connectivity index (χ2v) is 5.66. The fourth-order valence-corrected chi connectivity index (χ4v) is 2.18. The summed E-state index contributed by atoms with van der Waals surface area (Å²) in [7, 11) is 0. The predicted molar refractivity (Wildman–Crippen MR) is 83.9 cm³/mol. The number of aliphatic carboxylic acids is 1. The van der Waals surface area contributed by atoms with Gasteiger partial charge in [-0.1, -0.05) is 44.3 Å². The lowest BCUT2D eigenvalue weighted by Crippen LogP contribution is -1.98. The molecule has 0 fully saturated rings. The summed E-state index contributed by atoms with van der Waals surface area (Å²) < 4.78 is 0. The molecule has 0 aromatic carbocycles. The molecule has 0 rings (SSSR count). The smallest absolute Gasteiger partial charge is 0.303 e. The van der Waals surface area contributed by atoms with Gasteiger partial charge in [-0.2, -0.15) is 0 Å². The van der Waals surface area contributed by atoms with Crippen LogP contribution in [0.1, 0.15) is 84.0 Å². The van der Waals surface area contributed by atoms with Crippen molar-refractivity contribution in [3.8, 4) is 0 Å². The number of allylic oxidation sites excluding steroid dienone is 2. The predicted octanol–water partition coefficient (Wildman–Crippen LogP) is 4.69. The lowest BCUT2D eigenvalue weighted by atomic mass is 10.1.